The molecule has 0 aromatic heterocycles. The highest BCUT2D eigenvalue weighted by Crippen LogP contribution is 2.29. The molecule has 2 N–H and O–H groups in total. The van der Waals surface area contributed by atoms with Crippen LogP contribution in [0.15, 0.2) is 77.9 Å². The summed E-state index contributed by atoms with van der Waals surface area (Å²) in [6, 6.07) is 21.2. The van der Waals surface area contributed by atoms with Crippen LogP contribution in [0.2, 0.25) is 5.02 Å². The van der Waals surface area contributed by atoms with E-state index in [0.717, 1.165) is 11.3 Å². The van der Waals surface area contributed by atoms with E-state index in [1.807, 2.05) is 30.3 Å². The number of hydrogen-bond acceptors (Lipinski definition) is 5. The Labute approximate surface area is 184 Å². The number of ether oxygens (including phenoxy) is 2. The number of esters is 1. The average Bonchev–Trinajstić information content (AvgIpc) is 2.75. The molecule has 0 spiro atoms. The lowest BCUT2D eigenvalue weighted by Crippen LogP contribution is -2.23. The van der Waals surface area contributed by atoms with Crippen molar-refractivity contribution in [3.63, 3.8) is 0 Å². The third kappa shape index (κ3) is 5.79. The van der Waals surface area contributed by atoms with Gasteiger partial charge in [0.05, 0.1) is 23.9 Å². The van der Waals surface area contributed by atoms with Gasteiger partial charge in [-0.2, -0.15) is 5.10 Å². The molecule has 3 aromatic carbocycles. The van der Waals surface area contributed by atoms with Gasteiger partial charge in [-0.3, -0.25) is 5.43 Å². The molecule has 0 heterocycles. The summed E-state index contributed by atoms with van der Waals surface area (Å²) in [4.78, 5) is 12.4. The largest absolute Gasteiger partial charge is 0.493 e. The van der Waals surface area contributed by atoms with Crippen LogP contribution in [0.1, 0.15) is 15.9 Å². The minimum atomic E-state index is -0.570. The fourth-order valence-electron chi connectivity index (χ4n) is 2.48. The summed E-state index contributed by atoms with van der Waals surface area (Å²) in [6.07, 6.45) is 1.57. The number of halogens is 1. The minimum Gasteiger partial charge on any atom is -0.493 e. The highest BCUT2D eigenvalue weighted by atomic mass is 35.5. The topological polar surface area (TPSA) is 71.9 Å². The van der Waals surface area contributed by atoms with Crippen LogP contribution >= 0.6 is 23.8 Å². The first kappa shape index (κ1) is 21.3. The van der Waals surface area contributed by atoms with Crippen LogP contribution in [0.25, 0.3) is 0 Å². The molecule has 3 rings (SSSR count). The molecule has 0 fully saturated rings. The van der Waals surface area contributed by atoms with Crippen LogP contribution in [0, 0.1) is 0 Å². The zero-order valence-corrected chi connectivity index (χ0v) is 17.5. The molecule has 0 atom stereocenters. The third-order valence-electron chi connectivity index (χ3n) is 3.90. The van der Waals surface area contributed by atoms with E-state index >= 15 is 0 Å². The number of para-hydroxylation sites is 1. The predicted molar refractivity (Wildman–Crippen MR) is 123 cm³/mol. The molecule has 0 radical (unpaired) electrons. The molecule has 30 heavy (non-hydrogen) atoms. The molecule has 0 saturated carbocycles. The van der Waals surface area contributed by atoms with Crippen molar-refractivity contribution in [2.24, 2.45) is 5.10 Å². The van der Waals surface area contributed by atoms with Crippen molar-refractivity contribution in [2.75, 3.05) is 12.4 Å². The standard InChI is InChI=1S/C22H18ClN3O3S/c1-28-20-13-15(14-24-26-22(30)25-16-7-3-2-4-8-16)11-12-19(20)29-21(27)17-9-5-6-10-18(17)23/h2-14H,1H3,(H2,25,26,30)/b24-14-. The van der Waals surface area contributed by atoms with Gasteiger partial charge in [0.15, 0.2) is 16.6 Å². The quantitative estimate of drug-likeness (QED) is 0.187. The molecule has 0 bridgehead atoms. The minimum absolute atomic E-state index is 0.272. The number of rotatable bonds is 6. The second-order valence-electron chi connectivity index (χ2n) is 5.97. The first-order chi connectivity index (χ1) is 14.6. The number of nitrogens with zero attached hydrogens (tertiary/aromatic N) is 1. The Balaban J connectivity index is 1.63. The van der Waals surface area contributed by atoms with Gasteiger partial charge in [-0.25, -0.2) is 4.79 Å². The number of hydrazone groups is 1. The zero-order valence-electron chi connectivity index (χ0n) is 16.0. The molecule has 6 nitrogen and oxygen atoms in total. The molecule has 152 valence electrons. The van der Waals surface area contributed by atoms with Gasteiger partial charge in [0.2, 0.25) is 0 Å². The van der Waals surface area contributed by atoms with Crippen molar-refractivity contribution < 1.29 is 14.3 Å². The first-order valence-corrected chi connectivity index (χ1v) is 9.65. The van der Waals surface area contributed by atoms with Crippen LogP contribution in [-0.4, -0.2) is 24.4 Å². The van der Waals surface area contributed by atoms with E-state index < -0.39 is 5.97 Å². The zero-order chi connectivity index (χ0) is 21.3. The Morgan fingerprint density at radius 1 is 1.03 bits per heavy atom. The summed E-state index contributed by atoms with van der Waals surface area (Å²) in [6.45, 7) is 0. The number of benzene rings is 3. The molecule has 0 amide bonds. The smallest absolute Gasteiger partial charge is 0.345 e. The van der Waals surface area contributed by atoms with E-state index in [1.54, 1.807) is 48.7 Å². The molecule has 8 heteroatoms. The van der Waals surface area contributed by atoms with E-state index in [0.29, 0.717) is 15.9 Å². The SMILES string of the molecule is COc1cc(/C=N\NC(=S)Nc2ccccc2)ccc1OC(=O)c1ccccc1Cl. The van der Waals surface area contributed by atoms with Crippen molar-refractivity contribution in [1.29, 1.82) is 0 Å². The Morgan fingerprint density at radius 3 is 2.50 bits per heavy atom. The lowest BCUT2D eigenvalue weighted by Gasteiger charge is -2.10. The summed E-state index contributed by atoms with van der Waals surface area (Å²) in [5.41, 5.74) is 4.59. The number of carbonyl (C=O) groups excluding carboxylic acids is 1. The number of hydrogen-bond donors (Lipinski definition) is 2. The molecular weight excluding hydrogens is 422 g/mol. The van der Waals surface area contributed by atoms with Crippen molar-refractivity contribution in [1.82, 2.24) is 5.43 Å². The summed E-state index contributed by atoms with van der Waals surface area (Å²) in [7, 11) is 1.49. The van der Waals surface area contributed by atoms with Gasteiger partial charge in [0.25, 0.3) is 0 Å². The molecule has 0 aliphatic rings. The molecule has 0 aliphatic heterocycles. The van der Waals surface area contributed by atoms with Crippen LogP contribution < -0.4 is 20.2 Å². The molecule has 0 aliphatic carbocycles. The average molecular weight is 440 g/mol. The predicted octanol–water partition coefficient (Wildman–Crippen LogP) is 4.89. The molecule has 0 saturated heterocycles. The monoisotopic (exact) mass is 439 g/mol. The normalized spacial score (nSPS) is 10.5. The van der Waals surface area contributed by atoms with Gasteiger partial charge in [-0.15, -0.1) is 0 Å². The van der Waals surface area contributed by atoms with E-state index in [1.165, 1.54) is 7.11 Å². The summed E-state index contributed by atoms with van der Waals surface area (Å²) in [5, 5.41) is 7.79. The summed E-state index contributed by atoms with van der Waals surface area (Å²) in [5.74, 6) is 0.0810. The summed E-state index contributed by atoms with van der Waals surface area (Å²) < 4.78 is 10.8. The molecule has 3 aromatic rings. The van der Waals surface area contributed by atoms with E-state index in [2.05, 4.69) is 15.8 Å². The van der Waals surface area contributed by atoms with Crippen LogP contribution in [0.3, 0.4) is 0 Å². The number of thiocarbonyl (C=S) groups is 1. The lowest BCUT2D eigenvalue weighted by molar-refractivity contribution is 0.0730. The van der Waals surface area contributed by atoms with Crippen molar-refractivity contribution in [2.45, 2.75) is 0 Å². The Hall–Kier alpha value is -3.42. The van der Waals surface area contributed by atoms with E-state index in [9.17, 15) is 4.79 Å². The van der Waals surface area contributed by atoms with Gasteiger partial charge < -0.3 is 14.8 Å². The number of carbonyl (C=O) groups is 1. The molecular formula is C22H18ClN3O3S. The maximum atomic E-state index is 12.4. The number of anilines is 1. The van der Waals surface area contributed by atoms with Gasteiger partial charge in [0.1, 0.15) is 0 Å². The second-order valence-corrected chi connectivity index (χ2v) is 6.79. The van der Waals surface area contributed by atoms with Gasteiger partial charge >= 0.3 is 5.97 Å². The highest BCUT2D eigenvalue weighted by molar-refractivity contribution is 7.80. The lowest BCUT2D eigenvalue weighted by atomic mass is 10.2. The highest BCUT2D eigenvalue weighted by Gasteiger charge is 2.15. The van der Waals surface area contributed by atoms with Crippen molar-refractivity contribution >= 4 is 46.8 Å². The fourth-order valence-corrected chi connectivity index (χ4v) is 2.86. The van der Waals surface area contributed by atoms with Crippen molar-refractivity contribution in [3.05, 3.63) is 88.9 Å². The second kappa shape index (κ2) is 10.4. The van der Waals surface area contributed by atoms with Crippen LogP contribution in [-0.2, 0) is 0 Å². The number of nitrogens with one attached hydrogen (secondary N) is 2. The van der Waals surface area contributed by atoms with E-state index in [4.69, 9.17) is 33.3 Å². The van der Waals surface area contributed by atoms with Gasteiger partial charge in [-0.1, -0.05) is 41.9 Å². The van der Waals surface area contributed by atoms with Gasteiger partial charge in [0, 0.05) is 5.69 Å². The summed E-state index contributed by atoms with van der Waals surface area (Å²) >= 11 is 11.2. The first-order valence-electron chi connectivity index (χ1n) is 8.86. The van der Waals surface area contributed by atoms with E-state index in [-0.39, 0.29) is 11.3 Å². The third-order valence-corrected chi connectivity index (χ3v) is 4.42. The number of methoxy groups -OCH3 is 1. The Morgan fingerprint density at radius 2 is 1.77 bits per heavy atom. The Kier molecular flexibility index (Phi) is 7.37. The van der Waals surface area contributed by atoms with Gasteiger partial charge in [-0.05, 0) is 60.2 Å². The fraction of sp³-hybridized carbons (Fsp3) is 0.0455. The van der Waals surface area contributed by atoms with Crippen molar-refractivity contribution in [3.8, 4) is 11.5 Å². The van der Waals surface area contributed by atoms with Crippen LogP contribution in [0.4, 0.5) is 5.69 Å². The van der Waals surface area contributed by atoms with Crippen LogP contribution in [0.5, 0.6) is 11.5 Å². The maximum absolute atomic E-state index is 12.4. The molecule has 0 unspecified atom stereocenters. The maximum Gasteiger partial charge on any atom is 0.345 e. The Bertz CT molecular complexity index is 1070.